The Bertz CT molecular complexity index is 416. The van der Waals surface area contributed by atoms with Gasteiger partial charge in [-0.1, -0.05) is 0 Å². The van der Waals surface area contributed by atoms with Crippen molar-refractivity contribution >= 4 is 5.69 Å². The summed E-state index contributed by atoms with van der Waals surface area (Å²) in [7, 11) is 0. The molecule has 1 aromatic rings. The first-order valence-corrected chi connectivity index (χ1v) is 5.25. The zero-order chi connectivity index (χ0) is 12.6. The summed E-state index contributed by atoms with van der Waals surface area (Å²) >= 11 is 0. The van der Waals surface area contributed by atoms with E-state index in [9.17, 15) is 17.6 Å². The first-order chi connectivity index (χ1) is 7.88. The second kappa shape index (κ2) is 4.18. The van der Waals surface area contributed by atoms with Gasteiger partial charge in [0.25, 0.3) is 0 Å². The molecule has 0 aliphatic carbocycles. The van der Waals surface area contributed by atoms with Gasteiger partial charge in [-0.15, -0.1) is 0 Å². The number of halogens is 4. The summed E-state index contributed by atoms with van der Waals surface area (Å²) in [6.45, 7) is 1.05. The van der Waals surface area contributed by atoms with E-state index in [1.807, 2.05) is 0 Å². The summed E-state index contributed by atoms with van der Waals surface area (Å²) < 4.78 is 50.6. The molecule has 0 bridgehead atoms. The minimum atomic E-state index is -4.51. The van der Waals surface area contributed by atoms with Crippen LogP contribution < -0.4 is 10.6 Å². The van der Waals surface area contributed by atoms with Crippen LogP contribution in [0.4, 0.5) is 23.2 Å². The van der Waals surface area contributed by atoms with Gasteiger partial charge in [-0.2, -0.15) is 13.2 Å². The standard InChI is InChI=1S/C11H12F4N2/c12-9-5-7(11(13,14)15)1-2-10(9)17-4-3-8(16)6-17/h1-2,5,8H,3-4,6,16H2/t8-/m1/s1. The van der Waals surface area contributed by atoms with E-state index in [-0.39, 0.29) is 11.7 Å². The fourth-order valence-electron chi connectivity index (χ4n) is 1.95. The fourth-order valence-corrected chi connectivity index (χ4v) is 1.95. The summed E-state index contributed by atoms with van der Waals surface area (Å²) in [6.07, 6.45) is -3.79. The lowest BCUT2D eigenvalue weighted by atomic mass is 10.2. The van der Waals surface area contributed by atoms with Gasteiger partial charge in [0.05, 0.1) is 11.3 Å². The molecule has 0 spiro atoms. The molecule has 2 nitrogen and oxygen atoms in total. The third-order valence-corrected chi connectivity index (χ3v) is 2.84. The van der Waals surface area contributed by atoms with Crippen LogP contribution in [0.2, 0.25) is 0 Å². The Kier molecular flexibility index (Phi) is 2.99. The quantitative estimate of drug-likeness (QED) is 0.773. The van der Waals surface area contributed by atoms with Crippen LogP contribution in [0.3, 0.4) is 0 Å². The number of nitrogens with two attached hydrogens (primary N) is 1. The van der Waals surface area contributed by atoms with Gasteiger partial charge in [0.2, 0.25) is 0 Å². The number of nitrogens with zero attached hydrogens (tertiary/aromatic N) is 1. The van der Waals surface area contributed by atoms with Crippen LogP contribution in [-0.2, 0) is 6.18 Å². The van der Waals surface area contributed by atoms with Gasteiger partial charge in [-0.05, 0) is 24.6 Å². The fraction of sp³-hybridized carbons (Fsp3) is 0.455. The summed E-state index contributed by atoms with van der Waals surface area (Å²) in [5.41, 5.74) is 4.88. The van der Waals surface area contributed by atoms with E-state index in [1.165, 1.54) is 0 Å². The average Bonchev–Trinajstić information content (AvgIpc) is 2.63. The number of hydrogen-bond donors (Lipinski definition) is 1. The topological polar surface area (TPSA) is 29.3 Å². The van der Waals surface area contributed by atoms with Crippen molar-refractivity contribution in [2.75, 3.05) is 18.0 Å². The van der Waals surface area contributed by atoms with Crippen LogP contribution in [0.25, 0.3) is 0 Å². The Morgan fingerprint density at radius 3 is 2.47 bits per heavy atom. The van der Waals surface area contributed by atoms with E-state index in [2.05, 4.69) is 0 Å². The second-order valence-corrected chi connectivity index (χ2v) is 4.16. The van der Waals surface area contributed by atoms with Crippen LogP contribution in [0.5, 0.6) is 0 Å². The van der Waals surface area contributed by atoms with Gasteiger partial charge < -0.3 is 10.6 Å². The van der Waals surface area contributed by atoms with Gasteiger partial charge in [0.15, 0.2) is 0 Å². The molecule has 1 aliphatic rings. The number of rotatable bonds is 1. The van der Waals surface area contributed by atoms with Crippen molar-refractivity contribution in [1.82, 2.24) is 0 Å². The molecule has 2 rings (SSSR count). The third kappa shape index (κ3) is 2.52. The van der Waals surface area contributed by atoms with Crippen molar-refractivity contribution in [3.05, 3.63) is 29.6 Å². The Balaban J connectivity index is 2.26. The van der Waals surface area contributed by atoms with E-state index in [0.717, 1.165) is 18.6 Å². The van der Waals surface area contributed by atoms with Gasteiger partial charge >= 0.3 is 6.18 Å². The summed E-state index contributed by atoms with van der Waals surface area (Å²) in [4.78, 5) is 1.67. The Hall–Kier alpha value is -1.30. The largest absolute Gasteiger partial charge is 0.416 e. The molecule has 0 saturated carbocycles. The van der Waals surface area contributed by atoms with Crippen LogP contribution in [0, 0.1) is 5.82 Å². The predicted octanol–water partition coefficient (Wildman–Crippen LogP) is 2.38. The lowest BCUT2D eigenvalue weighted by molar-refractivity contribution is -0.137. The number of benzene rings is 1. The van der Waals surface area contributed by atoms with Gasteiger partial charge in [0, 0.05) is 19.1 Å². The zero-order valence-electron chi connectivity index (χ0n) is 8.97. The lowest BCUT2D eigenvalue weighted by Crippen LogP contribution is -2.27. The maximum absolute atomic E-state index is 13.6. The van der Waals surface area contributed by atoms with E-state index >= 15 is 0 Å². The van der Waals surface area contributed by atoms with E-state index in [0.29, 0.717) is 19.2 Å². The molecule has 0 amide bonds. The second-order valence-electron chi connectivity index (χ2n) is 4.16. The van der Waals surface area contributed by atoms with Crippen molar-refractivity contribution < 1.29 is 17.6 Å². The molecule has 17 heavy (non-hydrogen) atoms. The summed E-state index contributed by atoms with van der Waals surface area (Å²) in [6, 6.07) is 2.54. The number of hydrogen-bond acceptors (Lipinski definition) is 2. The van der Waals surface area contributed by atoms with Gasteiger partial charge in [-0.25, -0.2) is 4.39 Å². The Labute approximate surface area is 96.0 Å². The molecular formula is C11H12F4N2. The van der Waals surface area contributed by atoms with Crippen LogP contribution in [-0.4, -0.2) is 19.1 Å². The SMILES string of the molecule is N[C@@H]1CCN(c2ccc(C(F)(F)F)cc2F)C1. The van der Waals surface area contributed by atoms with Crippen molar-refractivity contribution in [3.63, 3.8) is 0 Å². The molecule has 0 radical (unpaired) electrons. The maximum atomic E-state index is 13.6. The monoisotopic (exact) mass is 248 g/mol. The molecular weight excluding hydrogens is 236 g/mol. The highest BCUT2D eigenvalue weighted by Crippen LogP contribution is 2.32. The maximum Gasteiger partial charge on any atom is 0.416 e. The highest BCUT2D eigenvalue weighted by molar-refractivity contribution is 5.50. The molecule has 2 N–H and O–H groups in total. The molecule has 1 aliphatic heterocycles. The van der Waals surface area contributed by atoms with Crippen molar-refractivity contribution in [2.45, 2.75) is 18.6 Å². The summed E-state index contributed by atoms with van der Waals surface area (Å²) in [5.74, 6) is -0.853. The smallest absolute Gasteiger partial charge is 0.368 e. The van der Waals surface area contributed by atoms with Crippen LogP contribution >= 0.6 is 0 Å². The first-order valence-electron chi connectivity index (χ1n) is 5.25. The molecule has 1 atom stereocenters. The molecule has 0 aromatic heterocycles. The summed E-state index contributed by atoms with van der Waals surface area (Å²) in [5, 5.41) is 0. The predicted molar refractivity (Wildman–Crippen MR) is 56.2 cm³/mol. The van der Waals surface area contributed by atoms with Crippen molar-refractivity contribution in [2.24, 2.45) is 5.73 Å². The average molecular weight is 248 g/mol. The normalized spacial score (nSPS) is 21.0. The number of alkyl halides is 3. The number of anilines is 1. The molecule has 1 fully saturated rings. The molecule has 1 saturated heterocycles. The van der Waals surface area contributed by atoms with Crippen molar-refractivity contribution in [1.29, 1.82) is 0 Å². The van der Waals surface area contributed by atoms with Crippen LogP contribution in [0.15, 0.2) is 18.2 Å². The highest BCUT2D eigenvalue weighted by atomic mass is 19.4. The molecule has 1 aromatic carbocycles. The molecule has 94 valence electrons. The van der Waals surface area contributed by atoms with E-state index < -0.39 is 17.6 Å². The molecule has 1 heterocycles. The van der Waals surface area contributed by atoms with E-state index in [1.54, 1.807) is 4.90 Å². The lowest BCUT2D eigenvalue weighted by Gasteiger charge is -2.19. The minimum Gasteiger partial charge on any atom is -0.368 e. The molecule has 6 heteroatoms. The minimum absolute atomic E-state index is 0.0447. The van der Waals surface area contributed by atoms with E-state index in [4.69, 9.17) is 5.73 Å². The Morgan fingerprint density at radius 2 is 2.00 bits per heavy atom. The van der Waals surface area contributed by atoms with Crippen molar-refractivity contribution in [3.8, 4) is 0 Å². The van der Waals surface area contributed by atoms with Crippen LogP contribution in [0.1, 0.15) is 12.0 Å². The molecule has 0 unspecified atom stereocenters. The first kappa shape index (κ1) is 12.2. The highest BCUT2D eigenvalue weighted by Gasteiger charge is 2.32. The van der Waals surface area contributed by atoms with Gasteiger partial charge in [-0.3, -0.25) is 0 Å². The third-order valence-electron chi connectivity index (χ3n) is 2.84. The zero-order valence-corrected chi connectivity index (χ0v) is 8.97. The Morgan fingerprint density at radius 1 is 1.29 bits per heavy atom. The van der Waals surface area contributed by atoms with Gasteiger partial charge in [0.1, 0.15) is 5.82 Å².